The molecule has 0 bridgehead atoms. The molecule has 2 spiro atoms. The lowest BCUT2D eigenvalue weighted by Crippen LogP contribution is -2.41. The molecule has 4 rings (SSSR count). The van der Waals surface area contributed by atoms with Gasteiger partial charge in [0.05, 0.1) is 26.4 Å². The number of ether oxygens (including phenoxy) is 4. The first kappa shape index (κ1) is 16.8. The summed E-state index contributed by atoms with van der Waals surface area (Å²) in [5.74, 6) is -0.868. The molecule has 24 heavy (non-hydrogen) atoms. The van der Waals surface area contributed by atoms with Gasteiger partial charge in [-0.05, 0) is 49.0 Å². The van der Waals surface area contributed by atoms with Gasteiger partial charge in [0, 0.05) is 10.8 Å². The van der Waals surface area contributed by atoms with Crippen molar-refractivity contribution < 1.29 is 18.9 Å². The molecule has 0 unspecified atom stereocenters. The van der Waals surface area contributed by atoms with Crippen molar-refractivity contribution in [2.45, 2.75) is 65.0 Å². The molecule has 0 radical (unpaired) electrons. The molecule has 4 nitrogen and oxygen atoms in total. The molecule has 0 saturated carbocycles. The summed E-state index contributed by atoms with van der Waals surface area (Å²) in [5, 5.41) is 0. The molecule has 134 valence electrons. The minimum Gasteiger partial charge on any atom is -0.342 e. The van der Waals surface area contributed by atoms with Gasteiger partial charge in [0.2, 0.25) is 11.6 Å². The molecule has 0 atom stereocenters. The van der Waals surface area contributed by atoms with Gasteiger partial charge in [0.25, 0.3) is 0 Å². The Morgan fingerprint density at radius 1 is 0.667 bits per heavy atom. The first-order chi connectivity index (χ1) is 11.2. The van der Waals surface area contributed by atoms with E-state index in [4.69, 9.17) is 18.9 Å². The van der Waals surface area contributed by atoms with Crippen LogP contribution in [0.25, 0.3) is 0 Å². The zero-order valence-corrected chi connectivity index (χ0v) is 15.4. The Hall–Kier alpha value is -0.680. The highest BCUT2D eigenvalue weighted by molar-refractivity contribution is 5.40. The standard InChI is InChI=1S/C20H30O4/c1-17(2)11-21-19(22-12-17)9-15(19)7-5-6-8-16-10-20(16)23-13-18(3,4)14-24-20/h9-10H,5-8,11-14H2,1-4H3. The highest BCUT2D eigenvalue weighted by Gasteiger charge is 2.52. The lowest BCUT2D eigenvalue weighted by Gasteiger charge is -2.36. The highest BCUT2D eigenvalue weighted by atomic mass is 16.7. The molecule has 2 aliphatic heterocycles. The number of rotatable bonds is 5. The lowest BCUT2D eigenvalue weighted by molar-refractivity contribution is -0.231. The second kappa shape index (κ2) is 5.41. The fraction of sp³-hybridized carbons (Fsp3) is 0.800. The molecule has 0 amide bonds. The predicted octanol–water partition coefficient (Wildman–Crippen LogP) is 3.97. The third kappa shape index (κ3) is 3.22. The molecule has 0 aromatic rings. The maximum Gasteiger partial charge on any atom is 0.211 e. The quantitative estimate of drug-likeness (QED) is 0.563. The molecule has 0 aromatic carbocycles. The maximum atomic E-state index is 5.94. The van der Waals surface area contributed by atoms with Gasteiger partial charge in [0.1, 0.15) is 0 Å². The van der Waals surface area contributed by atoms with E-state index in [2.05, 4.69) is 39.8 Å². The van der Waals surface area contributed by atoms with Crippen LogP contribution in [0.2, 0.25) is 0 Å². The molecule has 4 aliphatic rings. The Labute approximate surface area is 145 Å². The summed E-state index contributed by atoms with van der Waals surface area (Å²) in [5.41, 5.74) is 2.91. The molecule has 0 N–H and O–H groups in total. The van der Waals surface area contributed by atoms with Crippen molar-refractivity contribution in [3.05, 3.63) is 23.3 Å². The van der Waals surface area contributed by atoms with E-state index in [0.717, 1.165) is 52.1 Å². The van der Waals surface area contributed by atoms with Crippen LogP contribution in [-0.2, 0) is 18.9 Å². The van der Waals surface area contributed by atoms with E-state index in [1.54, 1.807) is 0 Å². The monoisotopic (exact) mass is 334 g/mol. The summed E-state index contributed by atoms with van der Waals surface area (Å²) in [6, 6.07) is 0. The Morgan fingerprint density at radius 3 is 1.33 bits per heavy atom. The Kier molecular flexibility index (Phi) is 3.78. The van der Waals surface area contributed by atoms with E-state index >= 15 is 0 Å². The number of hydrogen-bond donors (Lipinski definition) is 0. The van der Waals surface area contributed by atoms with Crippen molar-refractivity contribution in [1.82, 2.24) is 0 Å². The third-order valence-electron chi connectivity index (χ3n) is 5.31. The molecule has 0 aromatic heterocycles. The molecule has 2 aliphatic carbocycles. The van der Waals surface area contributed by atoms with Crippen LogP contribution in [0.5, 0.6) is 0 Å². The second-order valence-corrected chi connectivity index (χ2v) is 9.36. The maximum absolute atomic E-state index is 5.94. The van der Waals surface area contributed by atoms with Gasteiger partial charge in [-0.1, -0.05) is 27.7 Å². The van der Waals surface area contributed by atoms with Gasteiger partial charge >= 0.3 is 0 Å². The van der Waals surface area contributed by atoms with Crippen LogP contribution < -0.4 is 0 Å². The smallest absolute Gasteiger partial charge is 0.211 e. The van der Waals surface area contributed by atoms with Gasteiger partial charge in [0.15, 0.2) is 0 Å². The molecule has 2 heterocycles. The number of unbranched alkanes of at least 4 members (excludes halogenated alkanes) is 1. The first-order valence-electron chi connectivity index (χ1n) is 9.25. The van der Waals surface area contributed by atoms with Crippen LogP contribution in [0, 0.1) is 10.8 Å². The summed E-state index contributed by atoms with van der Waals surface area (Å²) >= 11 is 0. The van der Waals surface area contributed by atoms with Crippen molar-refractivity contribution in [2.75, 3.05) is 26.4 Å². The molecular formula is C20H30O4. The van der Waals surface area contributed by atoms with Crippen molar-refractivity contribution in [1.29, 1.82) is 0 Å². The average molecular weight is 334 g/mol. The van der Waals surface area contributed by atoms with E-state index in [9.17, 15) is 0 Å². The topological polar surface area (TPSA) is 36.9 Å². The van der Waals surface area contributed by atoms with Crippen LogP contribution in [0.4, 0.5) is 0 Å². The van der Waals surface area contributed by atoms with E-state index in [1.165, 1.54) is 11.1 Å². The average Bonchev–Trinajstić information content (AvgIpc) is 3.40. The van der Waals surface area contributed by atoms with Crippen LogP contribution in [-0.4, -0.2) is 38.0 Å². The van der Waals surface area contributed by atoms with Crippen LogP contribution >= 0.6 is 0 Å². The van der Waals surface area contributed by atoms with Crippen LogP contribution in [0.1, 0.15) is 53.4 Å². The molecule has 2 saturated heterocycles. The fourth-order valence-corrected chi connectivity index (χ4v) is 3.42. The molecular weight excluding hydrogens is 304 g/mol. The summed E-state index contributed by atoms with van der Waals surface area (Å²) in [6.45, 7) is 11.8. The Balaban J connectivity index is 1.13. The van der Waals surface area contributed by atoms with Gasteiger partial charge in [-0.15, -0.1) is 0 Å². The van der Waals surface area contributed by atoms with E-state index < -0.39 is 11.6 Å². The Morgan fingerprint density at radius 2 is 1.00 bits per heavy atom. The summed E-state index contributed by atoms with van der Waals surface area (Å²) in [6.07, 6.45) is 8.74. The van der Waals surface area contributed by atoms with Crippen molar-refractivity contribution in [2.24, 2.45) is 10.8 Å². The minimum atomic E-state index is -0.434. The van der Waals surface area contributed by atoms with Gasteiger partial charge < -0.3 is 18.9 Å². The second-order valence-electron chi connectivity index (χ2n) is 9.36. The SMILES string of the molecule is CC1(C)COC2(C=C2CCCCC2=CC23OCC(C)(C)CO3)OC1. The van der Waals surface area contributed by atoms with Crippen LogP contribution in [0.15, 0.2) is 23.3 Å². The Bertz CT molecular complexity index is 512. The van der Waals surface area contributed by atoms with E-state index in [0.29, 0.717) is 0 Å². The van der Waals surface area contributed by atoms with Gasteiger partial charge in [-0.3, -0.25) is 0 Å². The highest BCUT2D eigenvalue weighted by Crippen LogP contribution is 2.49. The normalized spacial score (nSPS) is 30.8. The van der Waals surface area contributed by atoms with Crippen LogP contribution in [0.3, 0.4) is 0 Å². The fourth-order valence-electron chi connectivity index (χ4n) is 3.42. The third-order valence-corrected chi connectivity index (χ3v) is 5.31. The summed E-state index contributed by atoms with van der Waals surface area (Å²) < 4.78 is 23.8. The minimum absolute atomic E-state index is 0.133. The molecule has 4 heteroatoms. The van der Waals surface area contributed by atoms with Gasteiger partial charge in [-0.2, -0.15) is 0 Å². The van der Waals surface area contributed by atoms with E-state index in [-0.39, 0.29) is 10.8 Å². The van der Waals surface area contributed by atoms with Gasteiger partial charge in [-0.25, -0.2) is 0 Å². The summed E-state index contributed by atoms with van der Waals surface area (Å²) in [4.78, 5) is 0. The van der Waals surface area contributed by atoms with E-state index in [1.807, 2.05) is 0 Å². The lowest BCUT2D eigenvalue weighted by atomic mass is 9.95. The van der Waals surface area contributed by atoms with Crippen molar-refractivity contribution in [3.8, 4) is 0 Å². The molecule has 2 fully saturated rings. The largest absolute Gasteiger partial charge is 0.342 e. The number of hydrogen-bond acceptors (Lipinski definition) is 4. The summed E-state index contributed by atoms with van der Waals surface area (Å²) in [7, 11) is 0. The van der Waals surface area contributed by atoms with Crippen molar-refractivity contribution >= 4 is 0 Å². The zero-order chi connectivity index (χ0) is 17.1. The predicted molar refractivity (Wildman–Crippen MR) is 91.5 cm³/mol. The zero-order valence-electron chi connectivity index (χ0n) is 15.4. The van der Waals surface area contributed by atoms with Crippen molar-refractivity contribution in [3.63, 3.8) is 0 Å². The first-order valence-corrected chi connectivity index (χ1v) is 9.25.